The van der Waals surface area contributed by atoms with Crippen molar-refractivity contribution in [1.82, 2.24) is 4.90 Å². The molecule has 21 heavy (non-hydrogen) atoms. The third-order valence-corrected chi connectivity index (χ3v) is 4.33. The van der Waals surface area contributed by atoms with Crippen LogP contribution >= 0.6 is 35.6 Å². The smallest absolute Gasteiger partial charge is 0.238 e. The largest absolute Gasteiger partial charge is 0.330 e. The summed E-state index contributed by atoms with van der Waals surface area (Å²) in [5.74, 6) is 0.367. The molecule has 2 rings (SSSR count). The Hall–Kier alpha value is -0.520. The number of nitrogens with zero attached hydrogens (tertiary/aromatic N) is 1. The maximum atomic E-state index is 12.1. The Morgan fingerprint density at radius 1 is 1.43 bits per heavy atom. The highest BCUT2D eigenvalue weighted by Crippen LogP contribution is 2.30. The predicted molar refractivity (Wildman–Crippen MR) is 90.5 cm³/mol. The van der Waals surface area contributed by atoms with Crippen molar-refractivity contribution < 1.29 is 4.79 Å². The number of carbonyl (C=O) groups is 1. The van der Waals surface area contributed by atoms with Gasteiger partial charge < -0.3 is 11.1 Å². The molecule has 118 valence electrons. The lowest BCUT2D eigenvalue weighted by Crippen LogP contribution is -2.36. The number of nitrogens with one attached hydrogen (secondary N) is 1. The summed E-state index contributed by atoms with van der Waals surface area (Å²) >= 11 is 12.1. The maximum Gasteiger partial charge on any atom is 0.238 e. The van der Waals surface area contributed by atoms with Gasteiger partial charge in [-0.05, 0) is 37.9 Å². The second kappa shape index (κ2) is 8.20. The van der Waals surface area contributed by atoms with Gasteiger partial charge in [-0.2, -0.15) is 0 Å². The van der Waals surface area contributed by atoms with Gasteiger partial charge in [0.2, 0.25) is 5.91 Å². The van der Waals surface area contributed by atoms with Gasteiger partial charge in [0.1, 0.15) is 0 Å². The van der Waals surface area contributed by atoms with Crippen molar-refractivity contribution in [1.29, 1.82) is 0 Å². The number of amides is 1. The second-order valence-electron chi connectivity index (χ2n) is 5.26. The molecule has 7 heteroatoms. The molecule has 1 amide bonds. The first-order valence-electron chi connectivity index (χ1n) is 6.69. The molecular weight excluding hydrogens is 333 g/mol. The molecule has 1 aromatic rings. The van der Waals surface area contributed by atoms with Crippen LogP contribution < -0.4 is 11.1 Å². The molecule has 1 saturated heterocycles. The average Bonchev–Trinajstić information content (AvgIpc) is 2.75. The van der Waals surface area contributed by atoms with Crippen LogP contribution in [0.25, 0.3) is 0 Å². The Morgan fingerprint density at radius 3 is 2.57 bits per heavy atom. The van der Waals surface area contributed by atoms with Crippen LogP contribution in [-0.4, -0.2) is 36.5 Å². The second-order valence-corrected chi connectivity index (χ2v) is 6.08. The number of para-hydroxylation sites is 1. The van der Waals surface area contributed by atoms with Crippen molar-refractivity contribution in [3.63, 3.8) is 0 Å². The number of rotatable bonds is 4. The van der Waals surface area contributed by atoms with E-state index < -0.39 is 0 Å². The minimum Gasteiger partial charge on any atom is -0.330 e. The molecule has 1 heterocycles. The Bertz CT molecular complexity index is 478. The molecule has 0 spiro atoms. The lowest BCUT2D eigenvalue weighted by Gasteiger charge is -2.20. The number of carbonyl (C=O) groups excluding carboxylic acids is 1. The normalized spacial score (nSPS) is 21.9. The fraction of sp³-hybridized carbons (Fsp3) is 0.500. The van der Waals surface area contributed by atoms with Gasteiger partial charge in [-0.25, -0.2) is 0 Å². The van der Waals surface area contributed by atoms with Gasteiger partial charge in [0.25, 0.3) is 0 Å². The molecule has 0 bridgehead atoms. The summed E-state index contributed by atoms with van der Waals surface area (Å²) in [7, 11) is 0. The van der Waals surface area contributed by atoms with Gasteiger partial charge in [0.05, 0.1) is 22.3 Å². The first kappa shape index (κ1) is 18.5. The first-order chi connectivity index (χ1) is 9.51. The molecular formula is C14H20Cl3N3O. The molecule has 1 fully saturated rings. The maximum absolute atomic E-state index is 12.1. The molecule has 1 aromatic carbocycles. The quantitative estimate of drug-likeness (QED) is 0.875. The molecule has 0 saturated carbocycles. The molecule has 2 unspecified atom stereocenters. The van der Waals surface area contributed by atoms with E-state index in [9.17, 15) is 4.79 Å². The van der Waals surface area contributed by atoms with E-state index in [2.05, 4.69) is 17.1 Å². The molecule has 0 radical (unpaired) electrons. The Morgan fingerprint density at radius 2 is 2.05 bits per heavy atom. The summed E-state index contributed by atoms with van der Waals surface area (Å²) in [6.45, 7) is 3.98. The third-order valence-electron chi connectivity index (χ3n) is 3.70. The van der Waals surface area contributed by atoms with Crippen molar-refractivity contribution in [2.45, 2.75) is 19.4 Å². The number of benzene rings is 1. The number of anilines is 1. The van der Waals surface area contributed by atoms with Crippen LogP contribution in [0, 0.1) is 5.92 Å². The zero-order valence-electron chi connectivity index (χ0n) is 11.8. The molecule has 2 atom stereocenters. The number of likely N-dealkylation sites (tertiary alicyclic amines) is 1. The standard InChI is InChI=1S/C14H19Cl2N3O.ClH/c1-9-5-10(6-17)7-19(9)8-13(20)18-14-11(15)3-2-4-12(14)16;/h2-4,9-10H,5-8,17H2,1H3,(H,18,20);1H. The Labute approximate surface area is 141 Å². The Kier molecular flexibility index (Phi) is 7.24. The van der Waals surface area contributed by atoms with Gasteiger partial charge in [-0.3, -0.25) is 9.69 Å². The highest BCUT2D eigenvalue weighted by molar-refractivity contribution is 6.39. The molecule has 1 aliphatic rings. The van der Waals surface area contributed by atoms with Crippen LogP contribution in [0.2, 0.25) is 10.0 Å². The van der Waals surface area contributed by atoms with Crippen molar-refractivity contribution in [2.24, 2.45) is 11.7 Å². The fourth-order valence-electron chi connectivity index (χ4n) is 2.59. The number of hydrogen-bond acceptors (Lipinski definition) is 3. The van der Waals surface area contributed by atoms with Crippen molar-refractivity contribution in [3.05, 3.63) is 28.2 Å². The summed E-state index contributed by atoms with van der Waals surface area (Å²) in [5.41, 5.74) is 6.17. The van der Waals surface area contributed by atoms with Crippen LogP contribution in [0.3, 0.4) is 0 Å². The number of hydrogen-bond donors (Lipinski definition) is 2. The zero-order chi connectivity index (χ0) is 14.7. The molecule has 0 aliphatic carbocycles. The van der Waals surface area contributed by atoms with E-state index in [1.54, 1.807) is 18.2 Å². The average molecular weight is 353 g/mol. The third kappa shape index (κ3) is 4.73. The number of halogens is 3. The van der Waals surface area contributed by atoms with E-state index in [0.29, 0.717) is 40.8 Å². The topological polar surface area (TPSA) is 58.4 Å². The highest BCUT2D eigenvalue weighted by Gasteiger charge is 2.29. The first-order valence-corrected chi connectivity index (χ1v) is 7.44. The van der Waals surface area contributed by atoms with E-state index in [4.69, 9.17) is 28.9 Å². The summed E-state index contributed by atoms with van der Waals surface area (Å²) < 4.78 is 0. The predicted octanol–water partition coefficient (Wildman–Crippen LogP) is 3.02. The summed E-state index contributed by atoms with van der Waals surface area (Å²) in [6.07, 6.45) is 1.04. The zero-order valence-corrected chi connectivity index (χ0v) is 14.1. The summed E-state index contributed by atoms with van der Waals surface area (Å²) in [4.78, 5) is 14.2. The van der Waals surface area contributed by atoms with E-state index in [1.807, 2.05) is 0 Å². The van der Waals surface area contributed by atoms with E-state index in [-0.39, 0.29) is 18.3 Å². The number of nitrogens with two attached hydrogens (primary N) is 1. The van der Waals surface area contributed by atoms with Crippen molar-refractivity contribution in [2.75, 3.05) is 25.0 Å². The van der Waals surface area contributed by atoms with Crippen LogP contribution in [0.1, 0.15) is 13.3 Å². The molecule has 4 nitrogen and oxygen atoms in total. The van der Waals surface area contributed by atoms with Gasteiger partial charge >= 0.3 is 0 Å². The van der Waals surface area contributed by atoms with E-state index in [0.717, 1.165) is 13.0 Å². The fourth-order valence-corrected chi connectivity index (χ4v) is 3.08. The lowest BCUT2D eigenvalue weighted by molar-refractivity contribution is -0.117. The monoisotopic (exact) mass is 351 g/mol. The van der Waals surface area contributed by atoms with Gasteiger partial charge in [-0.15, -0.1) is 12.4 Å². The van der Waals surface area contributed by atoms with Gasteiger partial charge in [0, 0.05) is 12.6 Å². The van der Waals surface area contributed by atoms with Crippen molar-refractivity contribution >= 4 is 47.2 Å². The van der Waals surface area contributed by atoms with Crippen LogP contribution in [0.15, 0.2) is 18.2 Å². The summed E-state index contributed by atoms with van der Waals surface area (Å²) in [6, 6.07) is 5.52. The molecule has 3 N–H and O–H groups in total. The van der Waals surface area contributed by atoms with Crippen LogP contribution in [0.5, 0.6) is 0 Å². The molecule has 0 aromatic heterocycles. The minimum atomic E-state index is -0.107. The minimum absolute atomic E-state index is 0. The van der Waals surface area contributed by atoms with Gasteiger partial charge in [0.15, 0.2) is 0 Å². The lowest BCUT2D eigenvalue weighted by atomic mass is 10.1. The van der Waals surface area contributed by atoms with Crippen LogP contribution in [0.4, 0.5) is 5.69 Å². The van der Waals surface area contributed by atoms with Crippen LogP contribution in [-0.2, 0) is 4.79 Å². The van der Waals surface area contributed by atoms with Gasteiger partial charge in [-0.1, -0.05) is 29.3 Å². The SMILES string of the molecule is CC1CC(CN)CN1CC(=O)Nc1c(Cl)cccc1Cl.Cl. The van der Waals surface area contributed by atoms with E-state index >= 15 is 0 Å². The Balaban J connectivity index is 0.00000220. The summed E-state index contributed by atoms with van der Waals surface area (Å²) in [5, 5.41) is 3.67. The molecule has 1 aliphatic heterocycles. The van der Waals surface area contributed by atoms with Crippen molar-refractivity contribution in [3.8, 4) is 0 Å². The van der Waals surface area contributed by atoms with E-state index in [1.165, 1.54) is 0 Å². The highest BCUT2D eigenvalue weighted by atomic mass is 35.5.